The summed E-state index contributed by atoms with van der Waals surface area (Å²) in [4.78, 5) is 0. The van der Waals surface area contributed by atoms with Crippen LogP contribution in [0, 0.1) is 5.41 Å². The number of rotatable bonds is 5. The van der Waals surface area contributed by atoms with E-state index >= 15 is 0 Å². The van der Waals surface area contributed by atoms with Crippen LogP contribution in [0.3, 0.4) is 0 Å². The van der Waals surface area contributed by atoms with Gasteiger partial charge in [0.25, 0.3) is 0 Å². The Balaban J connectivity index is 1.52. The smallest absolute Gasteiger partial charge is 0.0687 e. The minimum absolute atomic E-state index is 0.305. The van der Waals surface area contributed by atoms with Gasteiger partial charge in [-0.3, -0.25) is 0 Å². The molecular weight excluding hydrogens is 246 g/mol. The van der Waals surface area contributed by atoms with Crippen LogP contribution in [0.1, 0.15) is 84.5 Å². The van der Waals surface area contributed by atoms with Crippen LogP contribution >= 0.6 is 0 Å². The van der Waals surface area contributed by atoms with Gasteiger partial charge >= 0.3 is 0 Å². The minimum Gasteiger partial charge on any atom is -0.372 e. The fraction of sp³-hybridized carbons (Fsp3) is 1.00. The molecule has 1 aliphatic heterocycles. The molecule has 0 radical (unpaired) electrons. The molecule has 3 fully saturated rings. The largest absolute Gasteiger partial charge is 0.372 e. The van der Waals surface area contributed by atoms with Crippen LogP contribution in [0.5, 0.6) is 0 Å². The second-order valence-corrected chi connectivity index (χ2v) is 8.12. The summed E-state index contributed by atoms with van der Waals surface area (Å²) in [5.74, 6) is 0. The molecule has 0 aromatic rings. The molecule has 116 valence electrons. The Morgan fingerprint density at radius 1 is 1.00 bits per heavy atom. The van der Waals surface area contributed by atoms with E-state index in [-0.39, 0.29) is 0 Å². The summed E-state index contributed by atoms with van der Waals surface area (Å²) in [5, 5.41) is 3.68. The third-order valence-corrected chi connectivity index (χ3v) is 6.06. The van der Waals surface area contributed by atoms with Gasteiger partial charge in [0.1, 0.15) is 0 Å². The van der Waals surface area contributed by atoms with E-state index in [1.165, 1.54) is 77.2 Å². The predicted molar refractivity (Wildman–Crippen MR) is 84.0 cm³/mol. The van der Waals surface area contributed by atoms with Crippen LogP contribution in [0.2, 0.25) is 0 Å². The maximum atomic E-state index is 6.60. The van der Waals surface area contributed by atoms with Crippen molar-refractivity contribution in [1.29, 1.82) is 0 Å². The fourth-order valence-electron chi connectivity index (χ4n) is 4.64. The van der Waals surface area contributed by atoms with Crippen molar-refractivity contribution in [2.45, 2.75) is 102 Å². The lowest BCUT2D eigenvalue weighted by Gasteiger charge is -2.45. The van der Waals surface area contributed by atoms with Crippen molar-refractivity contribution in [3.05, 3.63) is 0 Å². The monoisotopic (exact) mass is 279 g/mol. The molecule has 0 bridgehead atoms. The molecule has 1 heterocycles. The third-order valence-electron chi connectivity index (χ3n) is 6.06. The molecule has 0 aromatic carbocycles. The highest BCUT2D eigenvalue weighted by Crippen LogP contribution is 2.49. The normalized spacial score (nSPS) is 31.6. The first-order valence-corrected chi connectivity index (χ1v) is 9.03. The van der Waals surface area contributed by atoms with Gasteiger partial charge in [-0.05, 0) is 50.4 Å². The summed E-state index contributed by atoms with van der Waals surface area (Å²) in [6.07, 6.45) is 15.7. The maximum Gasteiger partial charge on any atom is 0.0687 e. The van der Waals surface area contributed by atoms with Crippen LogP contribution in [0.25, 0.3) is 0 Å². The van der Waals surface area contributed by atoms with E-state index in [0.29, 0.717) is 23.2 Å². The number of hydrogen-bond donors (Lipinski definition) is 1. The van der Waals surface area contributed by atoms with Gasteiger partial charge in [-0.1, -0.05) is 39.5 Å². The average molecular weight is 279 g/mol. The maximum absolute atomic E-state index is 6.60. The molecule has 2 nitrogen and oxygen atoms in total. The summed E-state index contributed by atoms with van der Waals surface area (Å²) in [5.41, 5.74) is 0.870. The quantitative estimate of drug-likeness (QED) is 0.804. The summed E-state index contributed by atoms with van der Waals surface area (Å²) < 4.78 is 6.60. The molecule has 1 atom stereocenters. The van der Waals surface area contributed by atoms with E-state index in [0.717, 1.165) is 0 Å². The Morgan fingerprint density at radius 2 is 1.75 bits per heavy atom. The van der Waals surface area contributed by atoms with Crippen molar-refractivity contribution in [2.75, 3.05) is 6.54 Å². The Morgan fingerprint density at radius 3 is 2.35 bits per heavy atom. The Kier molecular flexibility index (Phi) is 4.42. The average Bonchev–Trinajstić information content (AvgIpc) is 2.76. The Labute approximate surface area is 125 Å². The molecule has 1 saturated heterocycles. The lowest BCUT2D eigenvalue weighted by Crippen LogP contribution is -2.44. The first kappa shape index (κ1) is 14.8. The van der Waals surface area contributed by atoms with Gasteiger partial charge in [0, 0.05) is 12.6 Å². The van der Waals surface area contributed by atoms with Gasteiger partial charge in [0.15, 0.2) is 0 Å². The molecule has 0 amide bonds. The summed E-state index contributed by atoms with van der Waals surface area (Å²) >= 11 is 0. The zero-order chi connectivity index (χ0) is 14.1. The van der Waals surface area contributed by atoms with Crippen molar-refractivity contribution < 1.29 is 4.74 Å². The van der Waals surface area contributed by atoms with Crippen LogP contribution in [-0.2, 0) is 4.74 Å². The summed E-state index contributed by atoms with van der Waals surface area (Å²) in [6.45, 7) is 5.72. The van der Waals surface area contributed by atoms with Crippen LogP contribution in [0.4, 0.5) is 0 Å². The van der Waals surface area contributed by atoms with Gasteiger partial charge in [-0.25, -0.2) is 0 Å². The van der Waals surface area contributed by atoms with Gasteiger partial charge in [0.2, 0.25) is 0 Å². The second kappa shape index (κ2) is 5.96. The minimum atomic E-state index is 0.305. The van der Waals surface area contributed by atoms with Crippen molar-refractivity contribution in [1.82, 2.24) is 5.32 Å². The molecule has 1 N–H and O–H groups in total. The van der Waals surface area contributed by atoms with E-state index in [1.807, 2.05) is 0 Å². The molecule has 20 heavy (non-hydrogen) atoms. The topological polar surface area (TPSA) is 21.3 Å². The van der Waals surface area contributed by atoms with E-state index in [2.05, 4.69) is 19.2 Å². The standard InChI is InChI=1S/C18H33NO/c1-15(2)19-14-17(8-6-9-17)13-16-7-12-18(20-16)10-4-3-5-11-18/h15-16,19H,3-14H2,1-2H3. The Hall–Kier alpha value is -0.0800. The first-order chi connectivity index (χ1) is 9.62. The molecule has 2 saturated carbocycles. The van der Waals surface area contributed by atoms with Crippen molar-refractivity contribution >= 4 is 0 Å². The van der Waals surface area contributed by atoms with E-state index in [1.54, 1.807) is 0 Å². The highest BCUT2D eigenvalue weighted by Gasteiger charge is 2.45. The SMILES string of the molecule is CC(C)NCC1(CC2CCC3(CCCCC3)O2)CCC1. The van der Waals surface area contributed by atoms with E-state index in [4.69, 9.17) is 4.74 Å². The van der Waals surface area contributed by atoms with E-state index < -0.39 is 0 Å². The molecule has 3 rings (SSSR count). The van der Waals surface area contributed by atoms with E-state index in [9.17, 15) is 0 Å². The summed E-state index contributed by atoms with van der Waals surface area (Å²) in [7, 11) is 0. The Bertz CT molecular complexity index is 315. The number of ether oxygens (including phenoxy) is 1. The highest BCUT2D eigenvalue weighted by atomic mass is 16.5. The molecule has 1 spiro atoms. The van der Waals surface area contributed by atoms with Crippen LogP contribution in [-0.4, -0.2) is 24.3 Å². The zero-order valence-electron chi connectivity index (χ0n) is 13.5. The zero-order valence-corrected chi connectivity index (χ0v) is 13.5. The molecule has 1 unspecified atom stereocenters. The molecule has 2 heteroatoms. The van der Waals surface area contributed by atoms with Crippen LogP contribution < -0.4 is 5.32 Å². The fourth-order valence-corrected chi connectivity index (χ4v) is 4.64. The van der Waals surface area contributed by atoms with Crippen molar-refractivity contribution in [2.24, 2.45) is 5.41 Å². The lowest BCUT2D eigenvalue weighted by molar-refractivity contribution is -0.0848. The number of nitrogens with one attached hydrogen (secondary N) is 1. The van der Waals surface area contributed by atoms with Gasteiger partial charge in [0.05, 0.1) is 11.7 Å². The first-order valence-electron chi connectivity index (χ1n) is 9.03. The van der Waals surface area contributed by atoms with Crippen molar-refractivity contribution in [3.8, 4) is 0 Å². The molecule has 3 aliphatic rings. The molecular formula is C18H33NO. The highest BCUT2D eigenvalue weighted by molar-refractivity contribution is 4.97. The second-order valence-electron chi connectivity index (χ2n) is 8.12. The van der Waals surface area contributed by atoms with Crippen molar-refractivity contribution in [3.63, 3.8) is 0 Å². The summed E-state index contributed by atoms with van der Waals surface area (Å²) in [6, 6.07) is 0.613. The van der Waals surface area contributed by atoms with Crippen LogP contribution in [0.15, 0.2) is 0 Å². The molecule has 2 aliphatic carbocycles. The van der Waals surface area contributed by atoms with Gasteiger partial charge in [-0.15, -0.1) is 0 Å². The van der Waals surface area contributed by atoms with Gasteiger partial charge in [-0.2, -0.15) is 0 Å². The third kappa shape index (κ3) is 3.22. The lowest BCUT2D eigenvalue weighted by atomic mass is 9.65. The molecule has 0 aromatic heterocycles. The predicted octanol–water partition coefficient (Wildman–Crippen LogP) is 4.43. The van der Waals surface area contributed by atoms with Gasteiger partial charge < -0.3 is 10.1 Å². The number of hydrogen-bond acceptors (Lipinski definition) is 2.